The second kappa shape index (κ2) is 5.58. The number of nitrogens with one attached hydrogen (secondary N) is 1. The zero-order valence-corrected chi connectivity index (χ0v) is 10.0. The van der Waals surface area contributed by atoms with Crippen molar-refractivity contribution >= 4 is 16.7 Å². The first-order valence-electron chi connectivity index (χ1n) is 5.15. The molecule has 0 saturated carbocycles. The van der Waals surface area contributed by atoms with Gasteiger partial charge >= 0.3 is 0 Å². The molecule has 1 atom stereocenters. The monoisotopic (exact) mass is 233 g/mol. The molecular weight excluding hydrogens is 214 g/mol. The summed E-state index contributed by atoms with van der Waals surface area (Å²) in [4.78, 5) is 13.6. The van der Waals surface area contributed by atoms with Gasteiger partial charge in [0.05, 0.1) is 6.04 Å². The minimum Gasteiger partial charge on any atom is -0.293 e. The van der Waals surface area contributed by atoms with Crippen LogP contribution in [0.1, 0.15) is 13.8 Å². The topological polar surface area (TPSA) is 75.4 Å². The molecule has 1 amide bonds. The van der Waals surface area contributed by atoms with Gasteiger partial charge in [0.25, 0.3) is 5.91 Å². The van der Waals surface area contributed by atoms with E-state index < -0.39 is 10.8 Å². The van der Waals surface area contributed by atoms with E-state index >= 15 is 0 Å². The molecule has 1 rings (SSSR count). The van der Waals surface area contributed by atoms with Gasteiger partial charge in [0.1, 0.15) is 0 Å². The van der Waals surface area contributed by atoms with Crippen LogP contribution in [-0.2, 0) is 15.6 Å². The van der Waals surface area contributed by atoms with E-state index in [9.17, 15) is 9.00 Å². The van der Waals surface area contributed by atoms with Crippen molar-refractivity contribution in [1.82, 2.24) is 10.3 Å². The Hall–Kier alpha value is -0.460. The van der Waals surface area contributed by atoms with E-state index in [1.54, 1.807) is 0 Å². The van der Waals surface area contributed by atoms with Crippen LogP contribution in [0.4, 0.5) is 0 Å². The van der Waals surface area contributed by atoms with E-state index in [2.05, 4.69) is 10.3 Å². The predicted molar refractivity (Wildman–Crippen MR) is 60.4 cm³/mol. The van der Waals surface area contributed by atoms with Crippen LogP contribution in [0, 0.1) is 5.92 Å². The lowest BCUT2D eigenvalue weighted by Gasteiger charge is -2.35. The number of rotatable bonds is 3. The van der Waals surface area contributed by atoms with Crippen LogP contribution in [0.5, 0.6) is 0 Å². The van der Waals surface area contributed by atoms with Crippen LogP contribution < -0.4 is 11.3 Å². The molecule has 5 nitrogen and oxygen atoms in total. The summed E-state index contributed by atoms with van der Waals surface area (Å²) in [6.45, 7) is 5.41. The van der Waals surface area contributed by atoms with E-state index in [1.807, 2.05) is 13.8 Å². The lowest BCUT2D eigenvalue weighted by molar-refractivity contribution is -0.128. The van der Waals surface area contributed by atoms with Crippen LogP contribution in [0.3, 0.4) is 0 Å². The largest absolute Gasteiger partial charge is 0.293 e. The van der Waals surface area contributed by atoms with E-state index in [0.29, 0.717) is 24.6 Å². The molecule has 15 heavy (non-hydrogen) atoms. The van der Waals surface area contributed by atoms with Crippen LogP contribution in [0.25, 0.3) is 0 Å². The highest BCUT2D eigenvalue weighted by Crippen LogP contribution is 2.13. The van der Waals surface area contributed by atoms with E-state index in [0.717, 1.165) is 0 Å². The van der Waals surface area contributed by atoms with Gasteiger partial charge in [-0.2, -0.15) is 0 Å². The average molecular weight is 233 g/mol. The maximum Gasteiger partial charge on any atom is 0.251 e. The molecule has 6 heteroatoms. The van der Waals surface area contributed by atoms with E-state index in [4.69, 9.17) is 5.84 Å². The van der Waals surface area contributed by atoms with Crippen molar-refractivity contribution in [2.75, 3.05) is 24.6 Å². The number of carbonyl (C=O) groups excluding carboxylic acids is 1. The molecule has 0 radical (unpaired) electrons. The number of nitrogens with two attached hydrogens (primary N) is 1. The second-order valence-electron chi connectivity index (χ2n) is 4.08. The molecule has 1 unspecified atom stereocenters. The van der Waals surface area contributed by atoms with Crippen molar-refractivity contribution in [2.24, 2.45) is 11.8 Å². The number of carbonyl (C=O) groups is 1. The second-order valence-corrected chi connectivity index (χ2v) is 5.78. The Labute approximate surface area is 92.8 Å². The number of amides is 1. The van der Waals surface area contributed by atoms with Crippen molar-refractivity contribution in [2.45, 2.75) is 19.9 Å². The Morgan fingerprint density at radius 3 is 2.33 bits per heavy atom. The summed E-state index contributed by atoms with van der Waals surface area (Å²) >= 11 is 0. The lowest BCUT2D eigenvalue weighted by Crippen LogP contribution is -2.55. The first-order valence-corrected chi connectivity index (χ1v) is 6.64. The summed E-state index contributed by atoms with van der Waals surface area (Å²) in [6, 6.07) is -0.202. The van der Waals surface area contributed by atoms with Gasteiger partial charge < -0.3 is 0 Å². The number of nitrogens with zero attached hydrogens (tertiary/aromatic N) is 1. The van der Waals surface area contributed by atoms with Gasteiger partial charge in [-0.15, -0.1) is 0 Å². The zero-order chi connectivity index (χ0) is 11.4. The molecule has 1 fully saturated rings. The molecule has 1 aliphatic rings. The molecule has 1 saturated heterocycles. The van der Waals surface area contributed by atoms with Crippen molar-refractivity contribution < 1.29 is 9.00 Å². The smallest absolute Gasteiger partial charge is 0.251 e. The van der Waals surface area contributed by atoms with E-state index in [1.165, 1.54) is 0 Å². The Bertz CT molecular complexity index is 248. The van der Waals surface area contributed by atoms with Gasteiger partial charge in [0, 0.05) is 35.4 Å². The number of hydrogen-bond acceptors (Lipinski definition) is 4. The molecule has 1 aliphatic heterocycles. The fraction of sp³-hybridized carbons (Fsp3) is 0.889. The fourth-order valence-corrected chi connectivity index (χ4v) is 2.99. The maximum atomic E-state index is 11.6. The van der Waals surface area contributed by atoms with Crippen LogP contribution in [0.2, 0.25) is 0 Å². The lowest BCUT2D eigenvalue weighted by atomic mass is 10.0. The fourth-order valence-electron chi connectivity index (χ4n) is 1.91. The first kappa shape index (κ1) is 12.6. The highest BCUT2D eigenvalue weighted by Gasteiger charge is 2.30. The minimum atomic E-state index is -0.710. The minimum absolute atomic E-state index is 0.155. The van der Waals surface area contributed by atoms with Crippen molar-refractivity contribution in [3.63, 3.8) is 0 Å². The molecule has 3 N–H and O–H groups in total. The summed E-state index contributed by atoms with van der Waals surface area (Å²) in [7, 11) is -0.710. The highest BCUT2D eigenvalue weighted by atomic mass is 32.2. The normalized spacial score (nSPS) is 21.6. The van der Waals surface area contributed by atoms with Gasteiger partial charge in [-0.05, 0) is 5.92 Å². The number of hydrazine groups is 1. The molecule has 0 aromatic rings. The molecule has 0 bridgehead atoms. The molecule has 1 heterocycles. The quantitative estimate of drug-likeness (QED) is 0.375. The third-order valence-electron chi connectivity index (χ3n) is 2.65. The third-order valence-corrected chi connectivity index (χ3v) is 3.92. The highest BCUT2D eigenvalue weighted by molar-refractivity contribution is 7.85. The average Bonchev–Trinajstić information content (AvgIpc) is 2.20. The van der Waals surface area contributed by atoms with Crippen molar-refractivity contribution in [3.05, 3.63) is 0 Å². The summed E-state index contributed by atoms with van der Waals surface area (Å²) in [5.74, 6) is 6.52. The van der Waals surface area contributed by atoms with Gasteiger partial charge in [0.15, 0.2) is 0 Å². The molecule has 88 valence electrons. The summed E-state index contributed by atoms with van der Waals surface area (Å²) in [6.07, 6.45) is 0. The molecular formula is C9H19N3O2S. The van der Waals surface area contributed by atoms with Crippen molar-refractivity contribution in [1.29, 1.82) is 0 Å². The van der Waals surface area contributed by atoms with Gasteiger partial charge in [-0.1, -0.05) is 13.8 Å². The van der Waals surface area contributed by atoms with Crippen LogP contribution in [0.15, 0.2) is 0 Å². The van der Waals surface area contributed by atoms with Crippen LogP contribution >= 0.6 is 0 Å². The Morgan fingerprint density at radius 1 is 1.40 bits per heavy atom. The zero-order valence-electron chi connectivity index (χ0n) is 9.23. The van der Waals surface area contributed by atoms with Crippen molar-refractivity contribution in [3.8, 4) is 0 Å². The Balaban J connectivity index is 2.64. The first-order chi connectivity index (χ1) is 7.06. The maximum absolute atomic E-state index is 11.6. The molecule has 0 aromatic carbocycles. The van der Waals surface area contributed by atoms with Gasteiger partial charge in [0.2, 0.25) is 0 Å². The standard InChI is InChI=1S/C9H19N3O2S/c1-7(2)8(9(13)11-10)12-3-5-15(14)6-4-12/h7-8H,3-6,10H2,1-2H3,(H,11,13). The SMILES string of the molecule is CC(C)C(C(=O)NN)N1CCS(=O)CC1. The Morgan fingerprint density at radius 2 is 1.93 bits per heavy atom. The third kappa shape index (κ3) is 3.25. The summed E-state index contributed by atoms with van der Waals surface area (Å²) in [5, 5.41) is 0. The summed E-state index contributed by atoms with van der Waals surface area (Å²) in [5.41, 5.74) is 2.20. The molecule has 0 spiro atoms. The van der Waals surface area contributed by atoms with Gasteiger partial charge in [-0.25, -0.2) is 5.84 Å². The van der Waals surface area contributed by atoms with E-state index in [-0.39, 0.29) is 17.9 Å². The summed E-state index contributed by atoms with van der Waals surface area (Å²) < 4.78 is 11.2. The van der Waals surface area contributed by atoms with Gasteiger partial charge in [-0.3, -0.25) is 19.3 Å². The Kier molecular flexibility index (Phi) is 4.69. The predicted octanol–water partition coefficient (Wildman–Crippen LogP) is -0.935. The molecule has 0 aliphatic carbocycles. The van der Waals surface area contributed by atoms with Crippen LogP contribution in [-0.4, -0.2) is 45.7 Å². The number of hydrogen-bond donors (Lipinski definition) is 2. The molecule has 0 aromatic heterocycles.